The number of rotatable bonds is 7. The van der Waals surface area contributed by atoms with Gasteiger partial charge in [-0.15, -0.1) is 24.0 Å². The summed E-state index contributed by atoms with van der Waals surface area (Å²) in [5, 5.41) is 3.12. The highest BCUT2D eigenvalue weighted by atomic mass is 127. The molecular formula is C18H30IN3O2. The van der Waals surface area contributed by atoms with Crippen LogP contribution < -0.4 is 11.1 Å². The number of nitrogens with one attached hydrogen (secondary N) is 1. The van der Waals surface area contributed by atoms with Gasteiger partial charge < -0.3 is 20.5 Å². The minimum atomic E-state index is 0. The molecule has 136 valence electrons. The summed E-state index contributed by atoms with van der Waals surface area (Å²) in [4.78, 5) is 4.35. The first kappa shape index (κ1) is 21.2. The van der Waals surface area contributed by atoms with Crippen LogP contribution in [-0.2, 0) is 22.6 Å². The summed E-state index contributed by atoms with van der Waals surface area (Å²) in [6.07, 6.45) is 2.32. The number of benzene rings is 1. The third-order valence-electron chi connectivity index (χ3n) is 3.80. The fraction of sp³-hybridized carbons (Fsp3) is 0.611. The monoisotopic (exact) mass is 447 g/mol. The summed E-state index contributed by atoms with van der Waals surface area (Å²) >= 11 is 0. The van der Waals surface area contributed by atoms with Crippen molar-refractivity contribution < 1.29 is 9.47 Å². The zero-order chi connectivity index (χ0) is 16.5. The summed E-state index contributed by atoms with van der Waals surface area (Å²) in [5.41, 5.74) is 8.18. The molecule has 0 atom stereocenters. The highest BCUT2D eigenvalue weighted by molar-refractivity contribution is 14.0. The topological polar surface area (TPSA) is 68.9 Å². The van der Waals surface area contributed by atoms with Gasteiger partial charge in [0.1, 0.15) is 0 Å². The van der Waals surface area contributed by atoms with Crippen LogP contribution in [0.1, 0.15) is 37.8 Å². The molecule has 0 spiro atoms. The molecule has 5 nitrogen and oxygen atoms in total. The number of halogens is 1. The molecule has 0 aliphatic carbocycles. The molecule has 0 unspecified atom stereocenters. The summed E-state index contributed by atoms with van der Waals surface area (Å²) in [5.74, 6) is 1.06. The third-order valence-corrected chi connectivity index (χ3v) is 3.80. The van der Waals surface area contributed by atoms with Crippen LogP contribution in [0.2, 0.25) is 0 Å². The maximum atomic E-state index is 5.92. The number of hydrogen-bond donors (Lipinski definition) is 2. The van der Waals surface area contributed by atoms with Gasteiger partial charge >= 0.3 is 0 Å². The number of aliphatic imine (C=N–C) groups is 1. The van der Waals surface area contributed by atoms with E-state index in [4.69, 9.17) is 15.2 Å². The standard InChI is InChI=1S/C18H29N3O2.HI/c1-14(2)11-20-18(19)21-12-15-3-5-16(6-4-15)13-23-17-7-9-22-10-8-17;/h3-6,14,17H,7-13H2,1-2H3,(H3,19,20,21);1H. The lowest BCUT2D eigenvalue weighted by molar-refractivity contribution is -0.0390. The van der Waals surface area contributed by atoms with Gasteiger partial charge in [0, 0.05) is 19.8 Å². The SMILES string of the molecule is CC(C)CNC(N)=NCc1ccc(COC2CCOCC2)cc1.I. The number of ether oxygens (including phenoxy) is 2. The zero-order valence-corrected chi connectivity index (χ0v) is 17.0. The minimum absolute atomic E-state index is 0. The van der Waals surface area contributed by atoms with Crippen LogP contribution in [0, 0.1) is 5.92 Å². The Kier molecular flexibility index (Phi) is 10.3. The molecule has 1 aliphatic rings. The van der Waals surface area contributed by atoms with Gasteiger partial charge in [0.05, 0.1) is 19.3 Å². The second-order valence-electron chi connectivity index (χ2n) is 6.42. The van der Waals surface area contributed by atoms with Crippen molar-refractivity contribution in [3.63, 3.8) is 0 Å². The maximum absolute atomic E-state index is 5.92. The van der Waals surface area contributed by atoms with Crippen molar-refractivity contribution >= 4 is 29.9 Å². The molecule has 1 aliphatic heterocycles. The number of nitrogens with zero attached hydrogens (tertiary/aromatic N) is 1. The van der Waals surface area contributed by atoms with Crippen molar-refractivity contribution in [3.8, 4) is 0 Å². The zero-order valence-electron chi connectivity index (χ0n) is 14.7. The summed E-state index contributed by atoms with van der Waals surface area (Å²) in [6, 6.07) is 8.37. The first-order valence-corrected chi connectivity index (χ1v) is 8.44. The van der Waals surface area contributed by atoms with E-state index in [2.05, 4.69) is 48.4 Å². The first-order valence-electron chi connectivity index (χ1n) is 8.44. The molecule has 3 N–H and O–H groups in total. The Labute approximate surface area is 162 Å². The van der Waals surface area contributed by atoms with E-state index >= 15 is 0 Å². The Hall–Kier alpha value is -0.860. The van der Waals surface area contributed by atoms with E-state index in [-0.39, 0.29) is 24.0 Å². The van der Waals surface area contributed by atoms with Gasteiger partial charge in [-0.25, -0.2) is 4.99 Å². The normalized spacial score (nSPS) is 16.0. The average molecular weight is 447 g/mol. The fourth-order valence-electron chi connectivity index (χ4n) is 2.34. The van der Waals surface area contributed by atoms with Crippen LogP contribution in [0.3, 0.4) is 0 Å². The lowest BCUT2D eigenvalue weighted by atomic mass is 10.1. The van der Waals surface area contributed by atoms with Crippen LogP contribution in [0.15, 0.2) is 29.3 Å². The van der Waals surface area contributed by atoms with E-state index in [1.165, 1.54) is 5.56 Å². The van der Waals surface area contributed by atoms with Gasteiger partial charge in [0.2, 0.25) is 0 Å². The van der Waals surface area contributed by atoms with Gasteiger partial charge in [-0.1, -0.05) is 38.1 Å². The summed E-state index contributed by atoms with van der Waals surface area (Å²) < 4.78 is 11.3. The van der Waals surface area contributed by atoms with Gasteiger partial charge in [-0.05, 0) is 29.9 Å². The highest BCUT2D eigenvalue weighted by Crippen LogP contribution is 2.14. The fourth-order valence-corrected chi connectivity index (χ4v) is 2.34. The largest absolute Gasteiger partial charge is 0.381 e. The van der Waals surface area contributed by atoms with Crippen molar-refractivity contribution in [3.05, 3.63) is 35.4 Å². The highest BCUT2D eigenvalue weighted by Gasteiger charge is 2.13. The molecule has 2 rings (SSSR count). The molecule has 0 bridgehead atoms. The number of guanidine groups is 1. The van der Waals surface area contributed by atoms with E-state index in [1.807, 2.05) is 0 Å². The van der Waals surface area contributed by atoms with Gasteiger partial charge in [0.15, 0.2) is 5.96 Å². The number of nitrogens with two attached hydrogens (primary N) is 1. The molecule has 1 aromatic carbocycles. The third kappa shape index (κ3) is 8.30. The molecule has 1 heterocycles. The second-order valence-corrected chi connectivity index (χ2v) is 6.42. The molecule has 0 radical (unpaired) electrons. The average Bonchev–Trinajstić information content (AvgIpc) is 2.58. The molecule has 6 heteroatoms. The van der Waals surface area contributed by atoms with Gasteiger partial charge in [-0.3, -0.25) is 0 Å². The van der Waals surface area contributed by atoms with Crippen LogP contribution in [0.25, 0.3) is 0 Å². The van der Waals surface area contributed by atoms with E-state index in [9.17, 15) is 0 Å². The van der Waals surface area contributed by atoms with Crippen LogP contribution in [-0.4, -0.2) is 31.8 Å². The van der Waals surface area contributed by atoms with Crippen molar-refractivity contribution in [1.29, 1.82) is 0 Å². The predicted octanol–water partition coefficient (Wildman–Crippen LogP) is 3.06. The van der Waals surface area contributed by atoms with E-state index in [0.717, 1.165) is 38.2 Å². The van der Waals surface area contributed by atoms with Gasteiger partial charge in [0.25, 0.3) is 0 Å². The van der Waals surface area contributed by atoms with Crippen molar-refractivity contribution in [1.82, 2.24) is 5.32 Å². The Morgan fingerprint density at radius 1 is 1.25 bits per heavy atom. The lowest BCUT2D eigenvalue weighted by Crippen LogP contribution is -2.34. The quantitative estimate of drug-likeness (QED) is 0.383. The minimum Gasteiger partial charge on any atom is -0.381 e. The van der Waals surface area contributed by atoms with Crippen molar-refractivity contribution in [2.75, 3.05) is 19.8 Å². The Balaban J connectivity index is 0.00000288. The van der Waals surface area contributed by atoms with Crippen molar-refractivity contribution in [2.45, 2.75) is 45.9 Å². The lowest BCUT2D eigenvalue weighted by Gasteiger charge is -2.22. The molecule has 0 aromatic heterocycles. The van der Waals surface area contributed by atoms with E-state index in [0.29, 0.717) is 31.1 Å². The van der Waals surface area contributed by atoms with Crippen LogP contribution >= 0.6 is 24.0 Å². The Morgan fingerprint density at radius 2 is 1.88 bits per heavy atom. The van der Waals surface area contributed by atoms with E-state index in [1.54, 1.807) is 0 Å². The van der Waals surface area contributed by atoms with Crippen molar-refractivity contribution in [2.24, 2.45) is 16.6 Å². The second kappa shape index (κ2) is 11.7. The molecular weight excluding hydrogens is 417 g/mol. The molecule has 0 amide bonds. The smallest absolute Gasteiger partial charge is 0.188 e. The molecule has 0 saturated carbocycles. The van der Waals surface area contributed by atoms with Crippen LogP contribution in [0.4, 0.5) is 0 Å². The molecule has 1 aromatic rings. The number of hydrogen-bond acceptors (Lipinski definition) is 3. The Bertz CT molecular complexity index is 486. The van der Waals surface area contributed by atoms with Gasteiger partial charge in [-0.2, -0.15) is 0 Å². The predicted molar refractivity (Wildman–Crippen MR) is 109 cm³/mol. The summed E-state index contributed by atoms with van der Waals surface area (Å²) in [7, 11) is 0. The van der Waals surface area contributed by atoms with Crippen LogP contribution in [0.5, 0.6) is 0 Å². The summed E-state index contributed by atoms with van der Waals surface area (Å²) in [6.45, 7) is 8.01. The van der Waals surface area contributed by atoms with E-state index < -0.39 is 0 Å². The maximum Gasteiger partial charge on any atom is 0.188 e. The Morgan fingerprint density at radius 3 is 2.50 bits per heavy atom. The molecule has 24 heavy (non-hydrogen) atoms. The molecule has 1 fully saturated rings. The first-order chi connectivity index (χ1) is 11.1. The molecule has 1 saturated heterocycles.